The maximum Gasteiger partial charge on any atom is 0.435 e. The minimum atomic E-state index is -4.74. The first-order chi connectivity index (χ1) is 14.2. The van der Waals surface area contributed by atoms with Crippen LogP contribution in [0.5, 0.6) is 5.88 Å². The Hall–Kier alpha value is -3.58. The first-order valence-corrected chi connectivity index (χ1v) is 8.61. The van der Waals surface area contributed by atoms with Crippen LogP contribution in [0.4, 0.5) is 23.2 Å². The Morgan fingerprint density at radius 1 is 1.23 bits per heavy atom. The molecule has 2 aromatic carbocycles. The summed E-state index contributed by atoms with van der Waals surface area (Å²) in [6.45, 7) is -0.674. The molecule has 6 nitrogen and oxygen atoms in total. The molecule has 3 aromatic rings. The summed E-state index contributed by atoms with van der Waals surface area (Å²) in [4.78, 5) is 12.1. The van der Waals surface area contributed by atoms with Gasteiger partial charge in [0.1, 0.15) is 11.9 Å². The summed E-state index contributed by atoms with van der Waals surface area (Å²) in [6, 6.07) is 11.6. The number of ether oxygens (including phenoxy) is 1. The van der Waals surface area contributed by atoms with Crippen molar-refractivity contribution < 1.29 is 27.1 Å². The molecular formula is C19H11ClF4N4O2. The van der Waals surface area contributed by atoms with E-state index in [4.69, 9.17) is 21.6 Å². The SMILES string of the molecule is N#Cc1cc(NC(=O)COc2cc(C(F)(F)F)nn2-c2ccccc2Cl)ccc1F. The van der Waals surface area contributed by atoms with Gasteiger partial charge >= 0.3 is 6.18 Å². The van der Waals surface area contributed by atoms with Crippen LogP contribution in [0.2, 0.25) is 5.02 Å². The van der Waals surface area contributed by atoms with Gasteiger partial charge in [-0.3, -0.25) is 4.79 Å². The standard InChI is InChI=1S/C19H11ClF4N4O2/c20-13-3-1-2-4-15(13)28-18(8-16(27-28)19(22,23)24)30-10-17(29)26-12-5-6-14(21)11(7-12)9-25/h1-8H,10H2,(H,26,29). The second kappa shape index (κ2) is 8.42. The van der Waals surface area contributed by atoms with Gasteiger partial charge in [-0.05, 0) is 30.3 Å². The first kappa shape index (κ1) is 21.1. The van der Waals surface area contributed by atoms with Gasteiger partial charge in [-0.2, -0.15) is 28.2 Å². The van der Waals surface area contributed by atoms with Gasteiger partial charge in [0.25, 0.3) is 5.91 Å². The Balaban J connectivity index is 1.81. The number of amides is 1. The summed E-state index contributed by atoms with van der Waals surface area (Å²) < 4.78 is 58.7. The van der Waals surface area contributed by atoms with Crippen LogP contribution >= 0.6 is 11.6 Å². The predicted octanol–water partition coefficient (Wildman–Crippen LogP) is 4.57. The number of carbonyl (C=O) groups is 1. The summed E-state index contributed by atoms with van der Waals surface area (Å²) in [5, 5.41) is 14.8. The van der Waals surface area contributed by atoms with Gasteiger partial charge < -0.3 is 10.1 Å². The molecular weight excluding hydrogens is 428 g/mol. The molecule has 0 aliphatic rings. The van der Waals surface area contributed by atoms with Crippen LogP contribution in [-0.4, -0.2) is 22.3 Å². The molecule has 1 amide bonds. The third-order valence-electron chi connectivity index (χ3n) is 3.77. The largest absolute Gasteiger partial charge is 0.467 e. The highest BCUT2D eigenvalue weighted by Gasteiger charge is 2.36. The fraction of sp³-hybridized carbons (Fsp3) is 0.105. The highest BCUT2D eigenvalue weighted by molar-refractivity contribution is 6.32. The van der Waals surface area contributed by atoms with Crippen molar-refractivity contribution in [3.05, 3.63) is 70.6 Å². The quantitative estimate of drug-likeness (QED) is 0.592. The summed E-state index contributed by atoms with van der Waals surface area (Å²) in [7, 11) is 0. The zero-order chi connectivity index (χ0) is 21.9. The predicted molar refractivity (Wildman–Crippen MR) is 98.8 cm³/mol. The number of benzene rings is 2. The molecule has 0 saturated heterocycles. The molecule has 1 heterocycles. The summed E-state index contributed by atoms with van der Waals surface area (Å²) in [5.41, 5.74) is -1.25. The zero-order valence-electron chi connectivity index (χ0n) is 14.9. The molecule has 0 atom stereocenters. The monoisotopic (exact) mass is 438 g/mol. The number of aromatic nitrogens is 2. The number of rotatable bonds is 5. The zero-order valence-corrected chi connectivity index (χ0v) is 15.6. The first-order valence-electron chi connectivity index (χ1n) is 8.23. The normalized spacial score (nSPS) is 11.1. The number of anilines is 1. The number of nitriles is 1. The Morgan fingerprint density at radius 2 is 1.97 bits per heavy atom. The van der Waals surface area contributed by atoms with Gasteiger partial charge in [0.2, 0.25) is 5.88 Å². The Kier molecular flexibility index (Phi) is 5.94. The minimum Gasteiger partial charge on any atom is -0.467 e. The van der Waals surface area contributed by atoms with Crippen molar-refractivity contribution in [1.82, 2.24) is 9.78 Å². The third kappa shape index (κ3) is 4.69. The maximum atomic E-state index is 13.3. The topological polar surface area (TPSA) is 79.9 Å². The number of hydrogen-bond acceptors (Lipinski definition) is 4. The van der Waals surface area contributed by atoms with Gasteiger partial charge in [0, 0.05) is 11.8 Å². The molecule has 0 radical (unpaired) electrons. The van der Waals surface area contributed by atoms with Crippen LogP contribution in [0, 0.1) is 17.1 Å². The summed E-state index contributed by atoms with van der Waals surface area (Å²) in [5.74, 6) is -1.86. The van der Waals surface area contributed by atoms with Crippen molar-refractivity contribution in [3.63, 3.8) is 0 Å². The highest BCUT2D eigenvalue weighted by atomic mass is 35.5. The average molecular weight is 439 g/mol. The van der Waals surface area contributed by atoms with Crippen LogP contribution in [0.15, 0.2) is 48.5 Å². The van der Waals surface area contributed by atoms with Gasteiger partial charge in [-0.25, -0.2) is 4.39 Å². The second-order valence-electron chi connectivity index (χ2n) is 5.87. The molecule has 0 aliphatic carbocycles. The lowest BCUT2D eigenvalue weighted by atomic mass is 10.2. The highest BCUT2D eigenvalue weighted by Crippen LogP contribution is 2.33. The molecule has 0 spiro atoms. The molecule has 0 unspecified atom stereocenters. The lowest BCUT2D eigenvalue weighted by Crippen LogP contribution is -2.21. The number of para-hydroxylation sites is 1. The minimum absolute atomic E-state index is 0.122. The number of alkyl halides is 3. The van der Waals surface area contributed by atoms with E-state index < -0.39 is 30.2 Å². The molecule has 11 heteroatoms. The molecule has 30 heavy (non-hydrogen) atoms. The number of halogens is 5. The van der Waals surface area contributed by atoms with Crippen LogP contribution in [0.25, 0.3) is 5.69 Å². The maximum absolute atomic E-state index is 13.3. The van der Waals surface area contributed by atoms with Crippen molar-refractivity contribution in [1.29, 1.82) is 5.26 Å². The van der Waals surface area contributed by atoms with E-state index in [0.29, 0.717) is 6.07 Å². The number of nitrogens with zero attached hydrogens (tertiary/aromatic N) is 3. The Labute approximate surface area is 172 Å². The number of carbonyl (C=O) groups excluding carboxylic acids is 1. The molecule has 0 fully saturated rings. The van der Waals surface area contributed by atoms with E-state index in [-0.39, 0.29) is 27.8 Å². The molecule has 154 valence electrons. The fourth-order valence-electron chi connectivity index (χ4n) is 2.43. The van der Waals surface area contributed by atoms with Crippen LogP contribution in [0.3, 0.4) is 0 Å². The average Bonchev–Trinajstić information content (AvgIpc) is 3.13. The number of nitrogens with one attached hydrogen (secondary N) is 1. The van der Waals surface area contributed by atoms with Crippen molar-refractivity contribution in [2.24, 2.45) is 0 Å². The van der Waals surface area contributed by atoms with Gasteiger partial charge in [0.15, 0.2) is 12.3 Å². The summed E-state index contributed by atoms with van der Waals surface area (Å²) in [6.07, 6.45) is -4.74. The van der Waals surface area contributed by atoms with E-state index in [1.807, 2.05) is 0 Å². The third-order valence-corrected chi connectivity index (χ3v) is 4.09. The van der Waals surface area contributed by atoms with Crippen molar-refractivity contribution in [2.45, 2.75) is 6.18 Å². The van der Waals surface area contributed by atoms with Crippen LogP contribution in [-0.2, 0) is 11.0 Å². The van der Waals surface area contributed by atoms with E-state index in [1.54, 1.807) is 18.2 Å². The number of hydrogen-bond donors (Lipinski definition) is 1. The molecule has 0 aliphatic heterocycles. The van der Waals surface area contributed by atoms with E-state index in [0.717, 1.165) is 16.8 Å². The Morgan fingerprint density at radius 3 is 2.63 bits per heavy atom. The van der Waals surface area contributed by atoms with E-state index in [2.05, 4.69) is 10.4 Å². The lowest BCUT2D eigenvalue weighted by Gasteiger charge is -2.11. The molecule has 1 aromatic heterocycles. The van der Waals surface area contributed by atoms with Gasteiger partial charge in [0.05, 0.1) is 16.3 Å². The second-order valence-corrected chi connectivity index (χ2v) is 6.28. The Bertz CT molecular complexity index is 1140. The van der Waals surface area contributed by atoms with Crippen molar-refractivity contribution in [2.75, 3.05) is 11.9 Å². The van der Waals surface area contributed by atoms with Crippen molar-refractivity contribution >= 4 is 23.2 Å². The molecule has 0 saturated carbocycles. The van der Waals surface area contributed by atoms with Crippen LogP contribution in [0.1, 0.15) is 11.3 Å². The van der Waals surface area contributed by atoms with E-state index in [9.17, 15) is 22.4 Å². The summed E-state index contributed by atoms with van der Waals surface area (Å²) >= 11 is 6.03. The van der Waals surface area contributed by atoms with E-state index >= 15 is 0 Å². The van der Waals surface area contributed by atoms with Gasteiger partial charge in [-0.15, -0.1) is 0 Å². The smallest absolute Gasteiger partial charge is 0.435 e. The van der Waals surface area contributed by atoms with Crippen LogP contribution < -0.4 is 10.1 Å². The van der Waals surface area contributed by atoms with Crippen molar-refractivity contribution in [3.8, 4) is 17.6 Å². The van der Waals surface area contributed by atoms with E-state index in [1.165, 1.54) is 18.2 Å². The fourth-order valence-corrected chi connectivity index (χ4v) is 2.64. The lowest BCUT2D eigenvalue weighted by molar-refractivity contribution is -0.141. The molecule has 0 bridgehead atoms. The molecule has 1 N–H and O–H groups in total. The molecule has 3 rings (SSSR count). The van der Waals surface area contributed by atoms with Gasteiger partial charge in [-0.1, -0.05) is 23.7 Å².